The maximum atomic E-state index is 12.1. The molecular weight excluding hydrogens is 262 g/mol. The van der Waals surface area contributed by atoms with Crippen molar-refractivity contribution in [1.29, 1.82) is 0 Å². The monoisotopic (exact) mass is 289 g/mol. The first kappa shape index (κ1) is 15.8. The van der Waals surface area contributed by atoms with Crippen LogP contribution in [0.25, 0.3) is 0 Å². The SMILES string of the molecule is CC(C)(C)C(=O)N1CC(Nc2cc(C(C)(C)C)ccn2)C1. The fraction of sp³-hybridized carbons (Fsp3) is 0.647. The Hall–Kier alpha value is -1.58. The number of nitrogens with one attached hydrogen (secondary N) is 1. The molecule has 21 heavy (non-hydrogen) atoms. The smallest absolute Gasteiger partial charge is 0.228 e. The summed E-state index contributed by atoms with van der Waals surface area (Å²) < 4.78 is 0. The van der Waals surface area contributed by atoms with Crippen molar-refractivity contribution < 1.29 is 4.79 Å². The number of aromatic nitrogens is 1. The van der Waals surface area contributed by atoms with Gasteiger partial charge in [-0.1, -0.05) is 41.5 Å². The molecule has 1 aliphatic heterocycles. The number of nitrogens with zero attached hydrogens (tertiary/aromatic N) is 2. The molecule has 1 amide bonds. The second-order valence-electron chi connectivity index (χ2n) is 7.98. The number of anilines is 1. The van der Waals surface area contributed by atoms with Crippen LogP contribution >= 0.6 is 0 Å². The maximum absolute atomic E-state index is 12.1. The molecule has 2 heterocycles. The van der Waals surface area contributed by atoms with Crippen LogP contribution in [-0.4, -0.2) is 34.9 Å². The Morgan fingerprint density at radius 3 is 2.38 bits per heavy atom. The molecule has 1 fully saturated rings. The summed E-state index contributed by atoms with van der Waals surface area (Å²) >= 11 is 0. The first-order valence-corrected chi connectivity index (χ1v) is 7.60. The first-order chi connectivity index (χ1) is 9.57. The molecule has 1 aromatic heterocycles. The molecular formula is C17H27N3O. The zero-order valence-corrected chi connectivity index (χ0v) is 14.0. The number of likely N-dealkylation sites (tertiary alicyclic amines) is 1. The van der Waals surface area contributed by atoms with Crippen molar-refractivity contribution in [2.24, 2.45) is 5.41 Å². The first-order valence-electron chi connectivity index (χ1n) is 7.60. The van der Waals surface area contributed by atoms with Gasteiger partial charge in [-0.3, -0.25) is 4.79 Å². The normalized spacial score (nSPS) is 16.6. The van der Waals surface area contributed by atoms with E-state index < -0.39 is 0 Å². The summed E-state index contributed by atoms with van der Waals surface area (Å²) in [7, 11) is 0. The second-order valence-corrected chi connectivity index (χ2v) is 7.98. The van der Waals surface area contributed by atoms with E-state index in [0.29, 0.717) is 6.04 Å². The van der Waals surface area contributed by atoms with Crippen LogP contribution in [-0.2, 0) is 10.2 Å². The molecule has 4 heteroatoms. The zero-order chi connectivity index (χ0) is 15.8. The molecule has 4 nitrogen and oxygen atoms in total. The van der Waals surface area contributed by atoms with Crippen molar-refractivity contribution in [3.63, 3.8) is 0 Å². The molecule has 0 saturated carbocycles. The van der Waals surface area contributed by atoms with Gasteiger partial charge < -0.3 is 10.2 Å². The number of carbonyl (C=O) groups is 1. The lowest BCUT2D eigenvalue weighted by Gasteiger charge is -2.42. The van der Waals surface area contributed by atoms with Gasteiger partial charge in [0, 0.05) is 24.7 Å². The van der Waals surface area contributed by atoms with E-state index in [1.165, 1.54) is 5.56 Å². The lowest BCUT2D eigenvalue weighted by atomic mass is 9.88. The average Bonchev–Trinajstić information content (AvgIpc) is 2.30. The zero-order valence-electron chi connectivity index (χ0n) is 14.0. The van der Waals surface area contributed by atoms with Crippen molar-refractivity contribution in [2.45, 2.75) is 53.0 Å². The Morgan fingerprint density at radius 1 is 1.24 bits per heavy atom. The minimum Gasteiger partial charge on any atom is -0.364 e. The molecule has 2 rings (SSSR count). The third-order valence-corrected chi connectivity index (χ3v) is 3.79. The Labute approximate surface area is 127 Å². The second kappa shape index (κ2) is 5.32. The third-order valence-electron chi connectivity index (χ3n) is 3.79. The van der Waals surface area contributed by atoms with Crippen LogP contribution in [0.5, 0.6) is 0 Å². The molecule has 0 aliphatic carbocycles. The Balaban J connectivity index is 1.93. The van der Waals surface area contributed by atoms with Gasteiger partial charge in [0.15, 0.2) is 0 Å². The van der Waals surface area contributed by atoms with Gasteiger partial charge in [-0.25, -0.2) is 4.98 Å². The van der Waals surface area contributed by atoms with E-state index in [1.807, 2.05) is 31.9 Å². The van der Waals surface area contributed by atoms with Crippen molar-refractivity contribution in [3.05, 3.63) is 23.9 Å². The van der Waals surface area contributed by atoms with E-state index in [2.05, 4.69) is 43.2 Å². The summed E-state index contributed by atoms with van der Waals surface area (Å²) in [6.45, 7) is 14.0. The van der Waals surface area contributed by atoms with Gasteiger partial charge in [-0.2, -0.15) is 0 Å². The molecule has 0 unspecified atom stereocenters. The molecule has 1 aromatic rings. The summed E-state index contributed by atoms with van der Waals surface area (Å²) in [6.07, 6.45) is 1.85. The lowest BCUT2D eigenvalue weighted by molar-refractivity contribution is -0.143. The molecule has 1 N–H and O–H groups in total. The molecule has 1 saturated heterocycles. The molecule has 0 spiro atoms. The van der Waals surface area contributed by atoms with Gasteiger partial charge in [0.25, 0.3) is 0 Å². The summed E-state index contributed by atoms with van der Waals surface area (Å²) in [5.41, 5.74) is 1.09. The number of hydrogen-bond acceptors (Lipinski definition) is 3. The molecule has 0 aromatic carbocycles. The van der Waals surface area contributed by atoms with Crippen LogP contribution in [0.3, 0.4) is 0 Å². The van der Waals surface area contributed by atoms with Crippen LogP contribution in [0.2, 0.25) is 0 Å². The van der Waals surface area contributed by atoms with Crippen LogP contribution in [0.15, 0.2) is 18.3 Å². The van der Waals surface area contributed by atoms with Gasteiger partial charge >= 0.3 is 0 Å². The van der Waals surface area contributed by atoms with Crippen molar-refractivity contribution in [2.75, 3.05) is 18.4 Å². The quantitative estimate of drug-likeness (QED) is 0.910. The highest BCUT2D eigenvalue weighted by molar-refractivity contribution is 5.82. The van der Waals surface area contributed by atoms with Crippen LogP contribution in [0.1, 0.15) is 47.1 Å². The fourth-order valence-electron chi connectivity index (χ4n) is 2.40. The van der Waals surface area contributed by atoms with Crippen LogP contribution in [0, 0.1) is 5.41 Å². The highest BCUT2D eigenvalue weighted by Crippen LogP contribution is 2.25. The van der Waals surface area contributed by atoms with E-state index >= 15 is 0 Å². The third kappa shape index (κ3) is 3.74. The summed E-state index contributed by atoms with van der Waals surface area (Å²) in [5.74, 6) is 1.12. The molecule has 0 radical (unpaired) electrons. The Bertz CT molecular complexity index is 520. The van der Waals surface area contributed by atoms with Gasteiger partial charge in [0.2, 0.25) is 5.91 Å². The largest absolute Gasteiger partial charge is 0.364 e. The van der Waals surface area contributed by atoms with E-state index in [0.717, 1.165) is 18.9 Å². The van der Waals surface area contributed by atoms with Crippen molar-refractivity contribution in [3.8, 4) is 0 Å². The van der Waals surface area contributed by atoms with E-state index in [9.17, 15) is 4.79 Å². The number of pyridine rings is 1. The highest BCUT2D eigenvalue weighted by Gasteiger charge is 2.36. The number of rotatable bonds is 2. The summed E-state index contributed by atoms with van der Waals surface area (Å²) in [4.78, 5) is 18.4. The standard InChI is InChI=1S/C17H27N3O/c1-16(2,3)12-7-8-18-14(9-12)19-13-10-20(11-13)15(21)17(4,5)6/h7-9,13H,10-11H2,1-6H3,(H,18,19). The number of amides is 1. The van der Waals surface area contributed by atoms with Crippen molar-refractivity contribution >= 4 is 11.7 Å². The van der Waals surface area contributed by atoms with Crippen LogP contribution in [0.4, 0.5) is 5.82 Å². The summed E-state index contributed by atoms with van der Waals surface area (Å²) in [5, 5.41) is 3.42. The summed E-state index contributed by atoms with van der Waals surface area (Å²) in [6, 6.07) is 4.47. The van der Waals surface area contributed by atoms with E-state index in [1.54, 1.807) is 0 Å². The highest BCUT2D eigenvalue weighted by atomic mass is 16.2. The minimum atomic E-state index is -0.296. The fourth-order valence-corrected chi connectivity index (χ4v) is 2.40. The minimum absolute atomic E-state index is 0.118. The van der Waals surface area contributed by atoms with E-state index in [-0.39, 0.29) is 16.7 Å². The van der Waals surface area contributed by atoms with Gasteiger partial charge in [-0.05, 0) is 23.1 Å². The van der Waals surface area contributed by atoms with Crippen LogP contribution < -0.4 is 5.32 Å². The average molecular weight is 289 g/mol. The topological polar surface area (TPSA) is 45.2 Å². The molecule has 1 aliphatic rings. The van der Waals surface area contributed by atoms with E-state index in [4.69, 9.17) is 0 Å². The molecule has 0 atom stereocenters. The lowest BCUT2D eigenvalue weighted by Crippen LogP contribution is -2.59. The van der Waals surface area contributed by atoms with Crippen molar-refractivity contribution in [1.82, 2.24) is 9.88 Å². The van der Waals surface area contributed by atoms with Gasteiger partial charge in [-0.15, -0.1) is 0 Å². The Kier molecular flexibility index (Phi) is 4.00. The molecule has 116 valence electrons. The molecule has 0 bridgehead atoms. The number of hydrogen-bond donors (Lipinski definition) is 1. The van der Waals surface area contributed by atoms with Gasteiger partial charge in [0.05, 0.1) is 6.04 Å². The predicted octanol–water partition coefficient (Wildman–Crippen LogP) is 3.05. The number of carbonyl (C=O) groups excluding carboxylic acids is 1. The predicted molar refractivity (Wildman–Crippen MR) is 86.4 cm³/mol. The maximum Gasteiger partial charge on any atom is 0.228 e. The van der Waals surface area contributed by atoms with Gasteiger partial charge in [0.1, 0.15) is 5.82 Å². The Morgan fingerprint density at radius 2 is 1.86 bits per heavy atom.